The van der Waals surface area contributed by atoms with Gasteiger partial charge in [-0.25, -0.2) is 15.0 Å². The molecule has 0 aromatic carbocycles. The van der Waals surface area contributed by atoms with Gasteiger partial charge in [0.25, 0.3) is 0 Å². The Labute approximate surface area is 106 Å². The Morgan fingerprint density at radius 3 is 2.81 bits per heavy atom. The molecule has 0 unspecified atom stereocenters. The van der Waals surface area contributed by atoms with Crippen LogP contribution in [0.2, 0.25) is 0 Å². The highest BCUT2D eigenvalue weighted by molar-refractivity contribution is 9.10. The van der Waals surface area contributed by atoms with Crippen LogP contribution >= 0.6 is 27.7 Å². The summed E-state index contributed by atoms with van der Waals surface area (Å²) in [6.45, 7) is 1.90. The van der Waals surface area contributed by atoms with Gasteiger partial charge in [0.05, 0.1) is 4.47 Å². The van der Waals surface area contributed by atoms with E-state index in [1.807, 2.05) is 19.1 Å². The number of rotatable bonds is 2. The van der Waals surface area contributed by atoms with Gasteiger partial charge in [-0.15, -0.1) is 0 Å². The Balaban J connectivity index is 2.35. The summed E-state index contributed by atoms with van der Waals surface area (Å²) in [5.74, 6) is 0.504. The fourth-order valence-corrected chi connectivity index (χ4v) is 2.41. The molecule has 2 heterocycles. The fourth-order valence-electron chi connectivity index (χ4n) is 1.09. The van der Waals surface area contributed by atoms with Crippen LogP contribution in [0.3, 0.4) is 0 Å². The largest absolute Gasteiger partial charge is 0.383 e. The zero-order chi connectivity index (χ0) is 11.5. The first-order valence-corrected chi connectivity index (χ1v) is 6.15. The summed E-state index contributed by atoms with van der Waals surface area (Å²) >= 11 is 4.90. The van der Waals surface area contributed by atoms with E-state index in [9.17, 15) is 0 Å². The van der Waals surface area contributed by atoms with Crippen molar-refractivity contribution in [3.8, 4) is 0 Å². The van der Waals surface area contributed by atoms with Gasteiger partial charge < -0.3 is 5.73 Å². The van der Waals surface area contributed by atoms with Crippen molar-refractivity contribution in [2.75, 3.05) is 5.73 Å². The van der Waals surface area contributed by atoms with Crippen molar-refractivity contribution in [1.82, 2.24) is 15.0 Å². The van der Waals surface area contributed by atoms with E-state index in [0.29, 0.717) is 5.82 Å². The first-order chi connectivity index (χ1) is 7.68. The Morgan fingerprint density at radius 1 is 1.25 bits per heavy atom. The van der Waals surface area contributed by atoms with Gasteiger partial charge in [0.1, 0.15) is 22.2 Å². The van der Waals surface area contributed by atoms with Crippen molar-refractivity contribution in [3.63, 3.8) is 0 Å². The van der Waals surface area contributed by atoms with Crippen LogP contribution in [0.25, 0.3) is 0 Å². The molecule has 2 N–H and O–H groups in total. The lowest BCUT2D eigenvalue weighted by Gasteiger charge is -2.06. The normalized spacial score (nSPS) is 10.4. The summed E-state index contributed by atoms with van der Waals surface area (Å²) in [4.78, 5) is 12.4. The highest BCUT2D eigenvalue weighted by Crippen LogP contribution is 2.32. The second kappa shape index (κ2) is 4.80. The first-order valence-electron chi connectivity index (χ1n) is 4.54. The topological polar surface area (TPSA) is 64.7 Å². The number of nitrogens with zero attached hydrogens (tertiary/aromatic N) is 3. The molecule has 2 aromatic heterocycles. The van der Waals surface area contributed by atoms with Crippen LogP contribution in [0.5, 0.6) is 0 Å². The second-order valence-corrected chi connectivity index (χ2v) is 4.91. The van der Waals surface area contributed by atoms with Gasteiger partial charge in [-0.2, -0.15) is 0 Å². The molecule has 0 saturated heterocycles. The third-order valence-corrected chi connectivity index (χ3v) is 4.02. The molecule has 6 heteroatoms. The quantitative estimate of drug-likeness (QED) is 0.863. The van der Waals surface area contributed by atoms with Gasteiger partial charge in [-0.1, -0.05) is 0 Å². The van der Waals surface area contributed by atoms with Gasteiger partial charge in [0.15, 0.2) is 0 Å². The fraction of sp³-hybridized carbons (Fsp3) is 0.100. The minimum atomic E-state index is 0.504. The molecule has 2 aromatic rings. The number of nitrogens with two attached hydrogens (primary N) is 1. The molecule has 0 amide bonds. The van der Waals surface area contributed by atoms with E-state index < -0.39 is 0 Å². The molecule has 0 spiro atoms. The molecule has 0 bridgehead atoms. The molecule has 0 radical (unpaired) electrons. The molecular weight excluding hydrogens is 288 g/mol. The Morgan fingerprint density at radius 2 is 2.06 bits per heavy atom. The highest BCUT2D eigenvalue weighted by Gasteiger charge is 2.09. The van der Waals surface area contributed by atoms with Crippen molar-refractivity contribution < 1.29 is 0 Å². The molecule has 2 rings (SSSR count). The number of nitrogen functional groups attached to an aromatic ring is 1. The summed E-state index contributed by atoms with van der Waals surface area (Å²) in [5, 5.41) is 1.69. The Kier molecular flexibility index (Phi) is 3.40. The Bertz CT molecular complexity index is 518. The Hall–Kier alpha value is -1.14. The molecule has 16 heavy (non-hydrogen) atoms. The van der Waals surface area contributed by atoms with Gasteiger partial charge >= 0.3 is 0 Å². The lowest BCUT2D eigenvalue weighted by molar-refractivity contribution is 1.00. The van der Waals surface area contributed by atoms with E-state index in [-0.39, 0.29) is 0 Å². The summed E-state index contributed by atoms with van der Waals surface area (Å²) in [6, 6.07) is 3.81. The summed E-state index contributed by atoms with van der Waals surface area (Å²) in [5.41, 5.74) is 6.60. The summed E-state index contributed by atoms with van der Waals surface area (Å²) in [7, 11) is 0. The number of hydrogen-bond donors (Lipinski definition) is 1. The van der Waals surface area contributed by atoms with Crippen LogP contribution in [0, 0.1) is 6.92 Å². The maximum Gasteiger partial charge on any atom is 0.130 e. The molecule has 4 nitrogen and oxygen atoms in total. The van der Waals surface area contributed by atoms with Gasteiger partial charge in [-0.3, -0.25) is 0 Å². The van der Waals surface area contributed by atoms with Crippen LogP contribution in [0.4, 0.5) is 5.82 Å². The predicted molar refractivity (Wildman–Crippen MR) is 67.2 cm³/mol. The van der Waals surface area contributed by atoms with Gasteiger partial charge in [-0.05, 0) is 46.7 Å². The predicted octanol–water partition coefficient (Wildman–Crippen LogP) is 2.68. The maximum atomic E-state index is 5.72. The molecule has 0 atom stereocenters. The first kappa shape index (κ1) is 11.3. The molecule has 82 valence electrons. The van der Waals surface area contributed by atoms with Crippen molar-refractivity contribution in [2.45, 2.75) is 17.0 Å². The number of aromatic nitrogens is 3. The van der Waals surface area contributed by atoms with E-state index in [1.165, 1.54) is 18.1 Å². The molecule has 0 aliphatic rings. The minimum absolute atomic E-state index is 0.504. The van der Waals surface area contributed by atoms with Crippen LogP contribution in [0.1, 0.15) is 5.56 Å². The monoisotopic (exact) mass is 296 g/mol. The van der Waals surface area contributed by atoms with Crippen molar-refractivity contribution >= 4 is 33.5 Å². The molecule has 0 aliphatic carbocycles. The lowest BCUT2D eigenvalue weighted by atomic mass is 10.4. The zero-order valence-electron chi connectivity index (χ0n) is 8.51. The number of halogens is 1. The van der Waals surface area contributed by atoms with Crippen molar-refractivity contribution in [3.05, 3.63) is 34.7 Å². The average Bonchev–Trinajstić information content (AvgIpc) is 2.28. The van der Waals surface area contributed by atoms with Crippen LogP contribution in [0.15, 0.2) is 39.2 Å². The van der Waals surface area contributed by atoms with Crippen molar-refractivity contribution in [1.29, 1.82) is 0 Å². The van der Waals surface area contributed by atoms with E-state index in [4.69, 9.17) is 5.73 Å². The minimum Gasteiger partial charge on any atom is -0.383 e. The number of hydrogen-bond acceptors (Lipinski definition) is 5. The second-order valence-electron chi connectivity index (χ2n) is 3.08. The third kappa shape index (κ3) is 2.33. The summed E-state index contributed by atoms with van der Waals surface area (Å²) in [6.07, 6.45) is 3.20. The molecule has 0 fully saturated rings. The van der Waals surface area contributed by atoms with Crippen molar-refractivity contribution in [2.24, 2.45) is 0 Å². The van der Waals surface area contributed by atoms with Crippen LogP contribution in [-0.4, -0.2) is 15.0 Å². The lowest BCUT2D eigenvalue weighted by Crippen LogP contribution is -1.97. The van der Waals surface area contributed by atoms with Gasteiger partial charge in [0, 0.05) is 11.8 Å². The maximum absolute atomic E-state index is 5.72. The van der Waals surface area contributed by atoms with Crippen LogP contribution < -0.4 is 5.73 Å². The number of pyridine rings is 1. The van der Waals surface area contributed by atoms with E-state index in [0.717, 1.165) is 20.1 Å². The molecular formula is C10H9BrN4S. The van der Waals surface area contributed by atoms with E-state index in [2.05, 4.69) is 30.9 Å². The molecule has 0 saturated carbocycles. The number of anilines is 1. The average molecular weight is 297 g/mol. The van der Waals surface area contributed by atoms with Crippen LogP contribution in [-0.2, 0) is 0 Å². The van der Waals surface area contributed by atoms with E-state index >= 15 is 0 Å². The smallest absolute Gasteiger partial charge is 0.130 e. The van der Waals surface area contributed by atoms with Gasteiger partial charge in [0.2, 0.25) is 0 Å². The molecule has 0 aliphatic heterocycles. The highest BCUT2D eigenvalue weighted by atomic mass is 79.9. The summed E-state index contributed by atoms with van der Waals surface area (Å²) < 4.78 is 0.941. The van der Waals surface area contributed by atoms with E-state index in [1.54, 1.807) is 6.20 Å². The SMILES string of the molecule is Cc1c(N)ncnc1Sc1ncccc1Br. The third-order valence-electron chi connectivity index (χ3n) is 1.99. The standard InChI is InChI=1S/C10H9BrN4S/c1-6-8(12)14-5-15-9(6)16-10-7(11)3-2-4-13-10/h2-5H,1H3,(H2,12,14,15). The zero-order valence-corrected chi connectivity index (χ0v) is 10.9.